The second-order valence-electron chi connectivity index (χ2n) is 8.32. The molecule has 1 saturated carbocycles. The summed E-state index contributed by atoms with van der Waals surface area (Å²) >= 11 is 0. The molecule has 3 nitrogen and oxygen atoms in total. The van der Waals surface area contributed by atoms with Crippen LogP contribution in [0.15, 0.2) is 23.2 Å². The fraction of sp³-hybridized carbons (Fsp3) is 0.667. The Bertz CT molecular complexity index is 697. The Morgan fingerprint density at radius 1 is 1.33 bits per heavy atom. The van der Waals surface area contributed by atoms with Crippen molar-refractivity contribution in [3.63, 3.8) is 0 Å². The number of aliphatic imine (C=N–C) groups is 1. The minimum atomic E-state index is 0.525. The summed E-state index contributed by atoms with van der Waals surface area (Å²) in [5.74, 6) is 4.77. The van der Waals surface area contributed by atoms with Crippen LogP contribution >= 0.6 is 0 Å². The van der Waals surface area contributed by atoms with Crippen molar-refractivity contribution in [2.75, 3.05) is 20.2 Å². The number of benzene rings is 1. The molecule has 5 aliphatic rings. The highest BCUT2D eigenvalue weighted by Crippen LogP contribution is 2.54. The third kappa shape index (κ3) is 1.91. The van der Waals surface area contributed by atoms with Crippen molar-refractivity contribution in [2.45, 2.75) is 45.1 Å². The lowest BCUT2D eigenvalue weighted by Crippen LogP contribution is -2.61. The van der Waals surface area contributed by atoms with Crippen molar-refractivity contribution in [2.24, 2.45) is 28.7 Å². The van der Waals surface area contributed by atoms with Gasteiger partial charge in [-0.15, -0.1) is 0 Å². The lowest BCUT2D eigenvalue weighted by molar-refractivity contribution is -0.0575. The van der Waals surface area contributed by atoms with Gasteiger partial charge in [-0.2, -0.15) is 0 Å². The number of methoxy groups -OCH3 is 1. The van der Waals surface area contributed by atoms with Crippen molar-refractivity contribution < 1.29 is 4.74 Å². The molecule has 1 aromatic rings. The average molecular weight is 324 g/mol. The molecule has 0 amide bonds. The third-order valence-corrected chi connectivity index (χ3v) is 7.49. The number of fused-ring (bicyclic) bond motifs is 4. The summed E-state index contributed by atoms with van der Waals surface area (Å²) < 4.78 is 5.47. The monoisotopic (exact) mass is 324 g/mol. The van der Waals surface area contributed by atoms with Crippen LogP contribution in [-0.4, -0.2) is 36.9 Å². The molecule has 24 heavy (non-hydrogen) atoms. The van der Waals surface area contributed by atoms with Crippen molar-refractivity contribution in [1.29, 1.82) is 0 Å². The maximum Gasteiger partial charge on any atom is 0.119 e. The summed E-state index contributed by atoms with van der Waals surface area (Å²) in [5.41, 5.74) is 4.11. The van der Waals surface area contributed by atoms with Crippen LogP contribution in [0, 0.1) is 23.7 Å². The standard InChI is InChI=1S/C21H28N2O/c1-4-15-12(2)13-9-18-20-16(7-8-23(11-13)21(15)18)17-10-14(24-3)5-6-19(17)22-20/h5-6,10,12-13,15-16,18,21H,4,7-9,11H2,1-3H3/t12-,13-,15-,16?,18-,21?/m0/s1. The van der Waals surface area contributed by atoms with E-state index in [-0.39, 0.29) is 0 Å². The lowest BCUT2D eigenvalue weighted by atomic mass is 9.59. The molecule has 7 atom stereocenters. The van der Waals surface area contributed by atoms with Gasteiger partial charge in [-0.3, -0.25) is 9.89 Å². The zero-order valence-corrected chi connectivity index (χ0v) is 15.0. The smallest absolute Gasteiger partial charge is 0.119 e. The molecule has 3 saturated heterocycles. The molecular weight excluding hydrogens is 296 g/mol. The highest BCUT2D eigenvalue weighted by Gasteiger charge is 2.54. The van der Waals surface area contributed by atoms with Gasteiger partial charge >= 0.3 is 0 Å². The van der Waals surface area contributed by atoms with Crippen molar-refractivity contribution in [3.8, 4) is 5.75 Å². The van der Waals surface area contributed by atoms with E-state index in [2.05, 4.69) is 36.9 Å². The van der Waals surface area contributed by atoms with Gasteiger partial charge in [-0.05, 0) is 60.9 Å². The first kappa shape index (κ1) is 14.9. The summed E-state index contributed by atoms with van der Waals surface area (Å²) in [6.07, 6.45) is 3.90. The molecule has 6 rings (SSSR count). The molecule has 0 aromatic heterocycles. The molecular formula is C21H28N2O. The van der Waals surface area contributed by atoms with Gasteiger partial charge in [0.1, 0.15) is 5.75 Å². The van der Waals surface area contributed by atoms with Crippen molar-refractivity contribution in [3.05, 3.63) is 23.8 Å². The van der Waals surface area contributed by atoms with Gasteiger partial charge in [0.25, 0.3) is 0 Å². The predicted octanol–water partition coefficient (Wildman–Crippen LogP) is 4.25. The van der Waals surface area contributed by atoms with E-state index in [1.807, 2.05) is 0 Å². The summed E-state index contributed by atoms with van der Waals surface area (Å²) in [6.45, 7) is 7.46. The Balaban J connectivity index is 1.56. The van der Waals surface area contributed by atoms with E-state index in [9.17, 15) is 0 Å². The number of piperidine rings is 2. The SMILES string of the molecule is CC[C@@H]1C2[C@H]3C[C@@H](CN2CCC2C3=Nc3ccc(OC)cc32)[C@@H]1C. The maximum absolute atomic E-state index is 5.47. The molecule has 0 N–H and O–H groups in total. The largest absolute Gasteiger partial charge is 0.497 e. The summed E-state index contributed by atoms with van der Waals surface area (Å²) in [4.78, 5) is 8.00. The van der Waals surface area contributed by atoms with Crippen LogP contribution in [0.25, 0.3) is 0 Å². The number of nitrogens with zero attached hydrogens (tertiary/aromatic N) is 2. The minimum absolute atomic E-state index is 0.525. The van der Waals surface area contributed by atoms with E-state index in [0.29, 0.717) is 11.8 Å². The van der Waals surface area contributed by atoms with E-state index < -0.39 is 0 Å². The van der Waals surface area contributed by atoms with Crippen molar-refractivity contribution in [1.82, 2.24) is 4.90 Å². The Hall–Kier alpha value is -1.35. The molecule has 3 heteroatoms. The van der Waals surface area contributed by atoms with Gasteiger partial charge in [-0.25, -0.2) is 0 Å². The Morgan fingerprint density at radius 3 is 3.00 bits per heavy atom. The minimum Gasteiger partial charge on any atom is -0.497 e. The van der Waals surface area contributed by atoms with Crippen LogP contribution in [-0.2, 0) is 0 Å². The molecule has 4 fully saturated rings. The molecule has 0 radical (unpaired) electrons. The number of rotatable bonds is 2. The normalized spacial score (nSPS) is 42.1. The average Bonchev–Trinajstić information content (AvgIpc) is 2.93. The van der Waals surface area contributed by atoms with E-state index >= 15 is 0 Å². The quantitative estimate of drug-likeness (QED) is 0.812. The topological polar surface area (TPSA) is 24.8 Å². The van der Waals surface area contributed by atoms with E-state index in [1.54, 1.807) is 7.11 Å². The molecule has 1 aliphatic carbocycles. The Labute approximate surface area is 145 Å². The fourth-order valence-corrected chi connectivity index (χ4v) is 6.33. The van der Waals surface area contributed by atoms with E-state index in [0.717, 1.165) is 29.5 Å². The Kier molecular flexibility index (Phi) is 3.31. The lowest BCUT2D eigenvalue weighted by Gasteiger charge is -2.56. The van der Waals surface area contributed by atoms with Gasteiger partial charge in [-0.1, -0.05) is 20.3 Å². The van der Waals surface area contributed by atoms with Crippen LogP contribution in [0.1, 0.15) is 44.6 Å². The van der Waals surface area contributed by atoms with Crippen LogP contribution in [0.3, 0.4) is 0 Å². The van der Waals surface area contributed by atoms with Crippen LogP contribution in [0.2, 0.25) is 0 Å². The zero-order valence-electron chi connectivity index (χ0n) is 15.0. The molecule has 1 aromatic carbocycles. The molecule has 0 spiro atoms. The second-order valence-corrected chi connectivity index (χ2v) is 8.32. The van der Waals surface area contributed by atoms with Gasteiger partial charge in [0.2, 0.25) is 0 Å². The number of ether oxygens (including phenoxy) is 1. The van der Waals surface area contributed by atoms with Crippen LogP contribution < -0.4 is 4.74 Å². The first-order valence-corrected chi connectivity index (χ1v) is 9.71. The summed E-state index contributed by atoms with van der Waals surface area (Å²) in [7, 11) is 1.76. The first-order valence-electron chi connectivity index (χ1n) is 9.71. The summed E-state index contributed by atoms with van der Waals surface area (Å²) in [5, 5.41) is 0. The van der Waals surface area contributed by atoms with Gasteiger partial charge in [0.15, 0.2) is 0 Å². The highest BCUT2D eigenvalue weighted by atomic mass is 16.5. The second kappa shape index (κ2) is 5.32. The van der Waals surface area contributed by atoms with Gasteiger partial charge < -0.3 is 4.74 Å². The number of hydrogen-bond donors (Lipinski definition) is 0. The van der Waals surface area contributed by atoms with Gasteiger partial charge in [0, 0.05) is 30.1 Å². The van der Waals surface area contributed by atoms with Crippen LogP contribution in [0.5, 0.6) is 5.75 Å². The van der Waals surface area contributed by atoms with E-state index in [1.165, 1.54) is 49.3 Å². The zero-order chi connectivity index (χ0) is 16.4. The maximum atomic E-state index is 5.47. The molecule has 4 bridgehead atoms. The predicted molar refractivity (Wildman–Crippen MR) is 97.4 cm³/mol. The summed E-state index contributed by atoms with van der Waals surface area (Å²) in [6, 6.07) is 7.19. The molecule has 128 valence electrons. The van der Waals surface area contributed by atoms with Crippen molar-refractivity contribution >= 4 is 11.4 Å². The van der Waals surface area contributed by atoms with Crippen LogP contribution in [0.4, 0.5) is 5.69 Å². The first-order chi connectivity index (χ1) is 11.7. The Morgan fingerprint density at radius 2 is 2.21 bits per heavy atom. The fourth-order valence-electron chi connectivity index (χ4n) is 6.33. The van der Waals surface area contributed by atoms with E-state index in [4.69, 9.17) is 9.73 Å². The number of hydrogen-bond acceptors (Lipinski definition) is 3. The highest BCUT2D eigenvalue weighted by molar-refractivity contribution is 6.00. The molecule has 4 aliphatic heterocycles. The molecule has 4 heterocycles. The molecule has 3 unspecified atom stereocenters. The van der Waals surface area contributed by atoms with Gasteiger partial charge in [0.05, 0.1) is 12.8 Å². The third-order valence-electron chi connectivity index (χ3n) is 7.49.